The lowest BCUT2D eigenvalue weighted by Crippen LogP contribution is -2.25. The van der Waals surface area contributed by atoms with Crippen LogP contribution < -0.4 is 5.32 Å². The highest BCUT2D eigenvalue weighted by atomic mass is 79.9. The van der Waals surface area contributed by atoms with Crippen molar-refractivity contribution in [3.05, 3.63) is 19.8 Å². The number of thiophene rings is 1. The monoisotopic (exact) mass is 309 g/mol. The third-order valence-electron chi connectivity index (χ3n) is 2.39. The Kier molecular flexibility index (Phi) is 4.46. The Balaban J connectivity index is 1.73. The van der Waals surface area contributed by atoms with Gasteiger partial charge in [0.25, 0.3) is 0 Å². The van der Waals surface area contributed by atoms with Gasteiger partial charge >= 0.3 is 0 Å². The Bertz CT molecular complexity index is 306. The van der Waals surface area contributed by atoms with E-state index in [0.29, 0.717) is 6.10 Å². The zero-order valence-corrected chi connectivity index (χ0v) is 11.4. The van der Waals surface area contributed by atoms with Crippen molar-refractivity contribution < 1.29 is 4.74 Å². The highest BCUT2D eigenvalue weighted by molar-refractivity contribution is 9.10. The normalized spacial score (nSPS) is 21.1. The summed E-state index contributed by atoms with van der Waals surface area (Å²) in [5, 5.41) is 3.39. The molecule has 1 aliphatic heterocycles. The van der Waals surface area contributed by atoms with Gasteiger partial charge in [0, 0.05) is 29.0 Å². The molecule has 5 heteroatoms. The Labute approximate surface area is 107 Å². The molecule has 0 aliphatic carbocycles. The van der Waals surface area contributed by atoms with E-state index in [2.05, 4.69) is 27.3 Å². The van der Waals surface area contributed by atoms with Crippen molar-refractivity contribution in [2.24, 2.45) is 0 Å². The molecule has 1 fully saturated rings. The first-order valence-corrected chi connectivity index (χ1v) is 7.00. The van der Waals surface area contributed by atoms with Crippen LogP contribution in [0.5, 0.6) is 0 Å². The zero-order valence-electron chi connectivity index (χ0n) is 8.26. The summed E-state index contributed by atoms with van der Waals surface area (Å²) in [4.78, 5) is 1.25. The molecule has 0 radical (unpaired) electrons. The molecule has 1 atom stereocenters. The average Bonchev–Trinajstić information content (AvgIpc) is 2.79. The van der Waals surface area contributed by atoms with Crippen LogP contribution >= 0.6 is 38.9 Å². The lowest BCUT2D eigenvalue weighted by molar-refractivity contribution is 0.110. The predicted octanol–water partition coefficient (Wildman–Crippen LogP) is 3.43. The fourth-order valence-electron chi connectivity index (χ4n) is 1.64. The topological polar surface area (TPSA) is 21.3 Å². The van der Waals surface area contributed by atoms with Crippen LogP contribution in [-0.4, -0.2) is 19.3 Å². The number of hydrogen-bond acceptors (Lipinski definition) is 3. The molecule has 1 aromatic rings. The molecule has 2 heterocycles. The number of ether oxygens (including phenoxy) is 1. The molecule has 1 saturated heterocycles. The van der Waals surface area contributed by atoms with E-state index in [-0.39, 0.29) is 0 Å². The second-order valence-corrected chi connectivity index (χ2v) is 6.19. The van der Waals surface area contributed by atoms with Crippen molar-refractivity contribution in [1.82, 2.24) is 5.32 Å². The fraction of sp³-hybridized carbons (Fsp3) is 0.600. The summed E-state index contributed by atoms with van der Waals surface area (Å²) in [7, 11) is 0. The summed E-state index contributed by atoms with van der Waals surface area (Å²) in [5.41, 5.74) is 0. The quantitative estimate of drug-likeness (QED) is 0.920. The van der Waals surface area contributed by atoms with E-state index in [1.54, 1.807) is 11.3 Å². The molecule has 0 saturated carbocycles. The van der Waals surface area contributed by atoms with E-state index in [9.17, 15) is 0 Å². The predicted molar refractivity (Wildman–Crippen MR) is 67.7 cm³/mol. The highest BCUT2D eigenvalue weighted by Gasteiger charge is 2.14. The second kappa shape index (κ2) is 5.64. The van der Waals surface area contributed by atoms with Crippen LogP contribution in [0.2, 0.25) is 4.34 Å². The molecular weight excluding hydrogens is 298 g/mol. The van der Waals surface area contributed by atoms with Gasteiger partial charge in [-0.15, -0.1) is 11.3 Å². The average molecular weight is 311 g/mol. The van der Waals surface area contributed by atoms with Crippen molar-refractivity contribution in [3.63, 3.8) is 0 Å². The van der Waals surface area contributed by atoms with E-state index >= 15 is 0 Å². The van der Waals surface area contributed by atoms with Gasteiger partial charge in [-0.2, -0.15) is 0 Å². The third kappa shape index (κ3) is 3.43. The molecule has 2 nitrogen and oxygen atoms in total. The van der Waals surface area contributed by atoms with Crippen LogP contribution in [0.1, 0.15) is 17.7 Å². The SMILES string of the molecule is Clc1sc(CNCC2CCCO2)cc1Br. The summed E-state index contributed by atoms with van der Waals surface area (Å²) < 4.78 is 7.34. The first-order chi connectivity index (χ1) is 7.25. The number of rotatable bonds is 4. The van der Waals surface area contributed by atoms with Crippen molar-refractivity contribution in [1.29, 1.82) is 0 Å². The Hall–Kier alpha value is 0.390. The van der Waals surface area contributed by atoms with Gasteiger partial charge in [0.05, 0.1) is 6.10 Å². The van der Waals surface area contributed by atoms with Gasteiger partial charge in [-0.3, -0.25) is 0 Å². The maximum absolute atomic E-state index is 5.95. The van der Waals surface area contributed by atoms with Gasteiger partial charge in [0.15, 0.2) is 0 Å². The Morgan fingerprint density at radius 1 is 1.67 bits per heavy atom. The summed E-state index contributed by atoms with van der Waals surface area (Å²) in [5.74, 6) is 0. The van der Waals surface area contributed by atoms with Gasteiger partial charge in [0.2, 0.25) is 0 Å². The number of hydrogen-bond donors (Lipinski definition) is 1. The maximum atomic E-state index is 5.95. The van der Waals surface area contributed by atoms with E-state index in [1.165, 1.54) is 17.7 Å². The smallest absolute Gasteiger partial charge is 0.107 e. The van der Waals surface area contributed by atoms with Gasteiger partial charge in [-0.1, -0.05) is 11.6 Å². The van der Waals surface area contributed by atoms with Crippen LogP contribution in [0.25, 0.3) is 0 Å². The summed E-state index contributed by atoms with van der Waals surface area (Å²) in [6, 6.07) is 2.06. The van der Waals surface area contributed by atoms with Gasteiger partial charge in [-0.05, 0) is 34.8 Å². The van der Waals surface area contributed by atoms with Gasteiger partial charge < -0.3 is 10.1 Å². The maximum Gasteiger partial charge on any atom is 0.107 e. The van der Waals surface area contributed by atoms with Crippen molar-refractivity contribution in [2.75, 3.05) is 13.2 Å². The fourth-order valence-corrected chi connectivity index (χ4v) is 3.40. The standard InChI is InChI=1S/C10H13BrClNOS/c11-9-4-8(15-10(9)12)6-13-5-7-2-1-3-14-7/h4,7,13H,1-3,5-6H2. The molecule has 1 aliphatic rings. The lowest BCUT2D eigenvalue weighted by atomic mass is 10.2. The number of nitrogens with one attached hydrogen (secondary N) is 1. The molecular formula is C10H13BrClNOS. The molecule has 1 N–H and O–H groups in total. The van der Waals surface area contributed by atoms with Crippen LogP contribution in [0.15, 0.2) is 10.5 Å². The summed E-state index contributed by atoms with van der Waals surface area (Å²) in [6.07, 6.45) is 2.79. The molecule has 0 spiro atoms. The van der Waals surface area contributed by atoms with E-state index in [4.69, 9.17) is 16.3 Å². The highest BCUT2D eigenvalue weighted by Crippen LogP contribution is 2.31. The van der Waals surface area contributed by atoms with Crippen LogP contribution in [0, 0.1) is 0 Å². The minimum Gasteiger partial charge on any atom is -0.377 e. The van der Waals surface area contributed by atoms with E-state index < -0.39 is 0 Å². The summed E-state index contributed by atoms with van der Waals surface area (Å²) >= 11 is 11.0. The Morgan fingerprint density at radius 3 is 3.13 bits per heavy atom. The van der Waals surface area contributed by atoms with E-state index in [0.717, 1.165) is 28.5 Å². The number of halogens is 2. The summed E-state index contributed by atoms with van der Waals surface area (Å²) in [6.45, 7) is 2.73. The molecule has 0 bridgehead atoms. The molecule has 0 amide bonds. The second-order valence-electron chi connectivity index (χ2n) is 3.60. The third-order valence-corrected chi connectivity index (χ3v) is 4.87. The van der Waals surface area contributed by atoms with E-state index in [1.807, 2.05) is 0 Å². The van der Waals surface area contributed by atoms with Crippen LogP contribution in [0.4, 0.5) is 0 Å². The van der Waals surface area contributed by atoms with Crippen LogP contribution in [-0.2, 0) is 11.3 Å². The molecule has 2 rings (SSSR count). The first-order valence-electron chi connectivity index (χ1n) is 5.02. The van der Waals surface area contributed by atoms with Gasteiger partial charge in [0.1, 0.15) is 4.34 Å². The molecule has 1 unspecified atom stereocenters. The largest absolute Gasteiger partial charge is 0.377 e. The lowest BCUT2D eigenvalue weighted by Gasteiger charge is -2.09. The van der Waals surface area contributed by atoms with Crippen molar-refractivity contribution in [2.45, 2.75) is 25.5 Å². The zero-order chi connectivity index (χ0) is 10.7. The molecule has 0 aromatic carbocycles. The van der Waals surface area contributed by atoms with Crippen molar-refractivity contribution in [3.8, 4) is 0 Å². The first kappa shape index (κ1) is 11.9. The molecule has 15 heavy (non-hydrogen) atoms. The minimum atomic E-state index is 0.406. The molecule has 1 aromatic heterocycles. The van der Waals surface area contributed by atoms with Gasteiger partial charge in [-0.25, -0.2) is 0 Å². The molecule has 84 valence electrons. The van der Waals surface area contributed by atoms with Crippen LogP contribution in [0.3, 0.4) is 0 Å². The van der Waals surface area contributed by atoms with Crippen molar-refractivity contribution >= 4 is 38.9 Å². The Morgan fingerprint density at radius 2 is 2.53 bits per heavy atom. The minimum absolute atomic E-state index is 0.406.